The van der Waals surface area contributed by atoms with Gasteiger partial charge in [0.15, 0.2) is 0 Å². The molecule has 1 aliphatic heterocycles. The van der Waals surface area contributed by atoms with Crippen molar-refractivity contribution in [3.05, 3.63) is 65.7 Å². The van der Waals surface area contributed by atoms with Crippen molar-refractivity contribution in [1.82, 2.24) is 0 Å². The van der Waals surface area contributed by atoms with Crippen molar-refractivity contribution in [3.63, 3.8) is 0 Å². The molecule has 0 bridgehead atoms. The lowest BCUT2D eigenvalue weighted by Crippen LogP contribution is -2.04. The van der Waals surface area contributed by atoms with Crippen molar-refractivity contribution in [1.29, 1.82) is 0 Å². The van der Waals surface area contributed by atoms with Gasteiger partial charge < -0.3 is 9.47 Å². The Hall–Kier alpha value is -2.48. The SMILES string of the molecule is COc1ccc2c(c1)Cc1c(ccc3ccccc13)O2. The Bertz CT molecular complexity index is 806. The maximum absolute atomic E-state index is 6.03. The van der Waals surface area contributed by atoms with Crippen molar-refractivity contribution in [3.8, 4) is 17.2 Å². The van der Waals surface area contributed by atoms with Crippen LogP contribution >= 0.6 is 0 Å². The van der Waals surface area contributed by atoms with Crippen LogP contribution in [0.1, 0.15) is 11.1 Å². The molecule has 0 fully saturated rings. The van der Waals surface area contributed by atoms with Gasteiger partial charge >= 0.3 is 0 Å². The Morgan fingerprint density at radius 2 is 1.80 bits per heavy atom. The second-order valence-corrected chi connectivity index (χ2v) is 5.02. The second-order valence-electron chi connectivity index (χ2n) is 5.02. The summed E-state index contributed by atoms with van der Waals surface area (Å²) in [6, 6.07) is 18.6. The first-order chi connectivity index (χ1) is 9.85. The third-order valence-electron chi connectivity index (χ3n) is 3.85. The van der Waals surface area contributed by atoms with E-state index in [9.17, 15) is 0 Å². The van der Waals surface area contributed by atoms with E-state index in [0.29, 0.717) is 0 Å². The molecule has 0 unspecified atom stereocenters. The highest BCUT2D eigenvalue weighted by molar-refractivity contribution is 5.88. The van der Waals surface area contributed by atoms with Crippen molar-refractivity contribution < 1.29 is 9.47 Å². The van der Waals surface area contributed by atoms with E-state index in [2.05, 4.69) is 42.5 Å². The molecule has 2 heteroatoms. The molecule has 3 aromatic rings. The predicted molar refractivity (Wildman–Crippen MR) is 79.8 cm³/mol. The summed E-state index contributed by atoms with van der Waals surface area (Å²) in [4.78, 5) is 0. The molecule has 0 radical (unpaired) electrons. The summed E-state index contributed by atoms with van der Waals surface area (Å²) < 4.78 is 11.3. The van der Waals surface area contributed by atoms with Crippen LogP contribution < -0.4 is 9.47 Å². The van der Waals surface area contributed by atoms with Gasteiger partial charge in [-0.2, -0.15) is 0 Å². The molecule has 3 aromatic carbocycles. The maximum Gasteiger partial charge on any atom is 0.131 e. The van der Waals surface area contributed by atoms with Gasteiger partial charge in [0.1, 0.15) is 17.2 Å². The van der Waals surface area contributed by atoms with Gasteiger partial charge in [0.2, 0.25) is 0 Å². The van der Waals surface area contributed by atoms with Gasteiger partial charge in [-0.15, -0.1) is 0 Å². The topological polar surface area (TPSA) is 18.5 Å². The summed E-state index contributed by atoms with van der Waals surface area (Å²) in [6.45, 7) is 0. The lowest BCUT2D eigenvalue weighted by molar-refractivity contribution is 0.410. The van der Waals surface area contributed by atoms with Gasteiger partial charge in [0, 0.05) is 17.5 Å². The lowest BCUT2D eigenvalue weighted by atomic mass is 9.95. The molecular weight excluding hydrogens is 248 g/mol. The average molecular weight is 262 g/mol. The van der Waals surface area contributed by atoms with Gasteiger partial charge in [-0.3, -0.25) is 0 Å². The fourth-order valence-corrected chi connectivity index (χ4v) is 2.82. The van der Waals surface area contributed by atoms with E-state index in [1.807, 2.05) is 12.1 Å². The first-order valence-electron chi connectivity index (χ1n) is 6.70. The smallest absolute Gasteiger partial charge is 0.131 e. The van der Waals surface area contributed by atoms with Crippen LogP contribution in [0, 0.1) is 0 Å². The van der Waals surface area contributed by atoms with E-state index in [0.717, 1.165) is 23.7 Å². The summed E-state index contributed by atoms with van der Waals surface area (Å²) >= 11 is 0. The minimum atomic E-state index is 0.871. The van der Waals surface area contributed by atoms with E-state index in [1.54, 1.807) is 7.11 Å². The summed E-state index contributed by atoms with van der Waals surface area (Å²) in [7, 11) is 1.69. The van der Waals surface area contributed by atoms with E-state index >= 15 is 0 Å². The van der Waals surface area contributed by atoms with Crippen LogP contribution in [0.15, 0.2) is 54.6 Å². The van der Waals surface area contributed by atoms with Crippen LogP contribution in [0.5, 0.6) is 17.2 Å². The molecule has 1 heterocycles. The van der Waals surface area contributed by atoms with Crippen LogP contribution in [-0.4, -0.2) is 7.11 Å². The van der Waals surface area contributed by atoms with E-state index in [4.69, 9.17) is 9.47 Å². The number of rotatable bonds is 1. The molecule has 0 amide bonds. The Morgan fingerprint density at radius 3 is 2.70 bits per heavy atom. The Labute approximate surface area is 117 Å². The average Bonchev–Trinajstić information content (AvgIpc) is 2.52. The van der Waals surface area contributed by atoms with Crippen molar-refractivity contribution >= 4 is 10.8 Å². The zero-order chi connectivity index (χ0) is 13.5. The summed E-state index contributed by atoms with van der Waals surface area (Å²) in [5.41, 5.74) is 2.43. The Balaban J connectivity index is 1.90. The molecular formula is C18H14O2. The molecule has 0 atom stereocenters. The Morgan fingerprint density at radius 1 is 0.950 bits per heavy atom. The fraction of sp³-hybridized carbons (Fsp3) is 0.111. The highest BCUT2D eigenvalue weighted by Crippen LogP contribution is 2.41. The van der Waals surface area contributed by atoms with Crippen molar-refractivity contribution in [2.24, 2.45) is 0 Å². The summed E-state index contributed by atoms with van der Waals surface area (Å²) in [5.74, 6) is 2.76. The highest BCUT2D eigenvalue weighted by atomic mass is 16.5. The zero-order valence-corrected chi connectivity index (χ0v) is 11.2. The number of hydrogen-bond donors (Lipinski definition) is 0. The molecule has 4 rings (SSSR count). The van der Waals surface area contributed by atoms with E-state index in [-0.39, 0.29) is 0 Å². The summed E-state index contributed by atoms with van der Waals surface area (Å²) in [6.07, 6.45) is 0.878. The third kappa shape index (κ3) is 1.65. The largest absolute Gasteiger partial charge is 0.497 e. The normalized spacial score (nSPS) is 12.4. The molecule has 2 nitrogen and oxygen atoms in total. The lowest BCUT2D eigenvalue weighted by Gasteiger charge is -2.22. The third-order valence-corrected chi connectivity index (χ3v) is 3.85. The number of benzene rings is 3. The summed E-state index contributed by atoms with van der Waals surface area (Å²) in [5, 5.41) is 2.51. The van der Waals surface area contributed by atoms with Crippen molar-refractivity contribution in [2.75, 3.05) is 7.11 Å². The standard InChI is InChI=1S/C18H14O2/c1-19-14-7-9-17-13(10-14)11-16-15-5-3-2-4-12(15)6-8-18(16)20-17/h2-10H,11H2,1H3. The van der Waals surface area contributed by atoms with Gasteiger partial charge in [-0.25, -0.2) is 0 Å². The van der Waals surface area contributed by atoms with Crippen LogP contribution in [0.3, 0.4) is 0 Å². The monoisotopic (exact) mass is 262 g/mol. The number of methoxy groups -OCH3 is 1. The highest BCUT2D eigenvalue weighted by Gasteiger charge is 2.19. The van der Waals surface area contributed by atoms with Crippen LogP contribution in [0.4, 0.5) is 0 Å². The number of ether oxygens (including phenoxy) is 2. The molecule has 0 saturated carbocycles. The zero-order valence-electron chi connectivity index (χ0n) is 11.2. The van der Waals surface area contributed by atoms with Gasteiger partial charge in [0.25, 0.3) is 0 Å². The van der Waals surface area contributed by atoms with E-state index < -0.39 is 0 Å². The van der Waals surface area contributed by atoms with Crippen LogP contribution in [0.25, 0.3) is 10.8 Å². The molecule has 0 aliphatic carbocycles. The maximum atomic E-state index is 6.03. The second kappa shape index (κ2) is 4.27. The molecule has 0 saturated heterocycles. The minimum absolute atomic E-state index is 0.871. The Kier molecular flexibility index (Phi) is 2.43. The molecule has 1 aliphatic rings. The van der Waals surface area contributed by atoms with Crippen LogP contribution in [-0.2, 0) is 6.42 Å². The van der Waals surface area contributed by atoms with E-state index in [1.165, 1.54) is 21.9 Å². The number of hydrogen-bond acceptors (Lipinski definition) is 2. The first kappa shape index (κ1) is 11.4. The molecule has 0 aromatic heterocycles. The minimum Gasteiger partial charge on any atom is -0.497 e. The number of fused-ring (bicyclic) bond motifs is 4. The van der Waals surface area contributed by atoms with Crippen LogP contribution in [0.2, 0.25) is 0 Å². The molecule has 0 spiro atoms. The first-order valence-corrected chi connectivity index (χ1v) is 6.70. The van der Waals surface area contributed by atoms with Gasteiger partial charge in [0.05, 0.1) is 7.11 Å². The van der Waals surface area contributed by atoms with Crippen molar-refractivity contribution in [2.45, 2.75) is 6.42 Å². The van der Waals surface area contributed by atoms with Gasteiger partial charge in [-0.05, 0) is 35.0 Å². The quantitative estimate of drug-likeness (QED) is 0.501. The predicted octanol–water partition coefficient (Wildman–Crippen LogP) is 4.54. The molecule has 98 valence electrons. The van der Waals surface area contributed by atoms with Gasteiger partial charge in [-0.1, -0.05) is 30.3 Å². The molecule has 20 heavy (non-hydrogen) atoms. The fourth-order valence-electron chi connectivity index (χ4n) is 2.82. The molecule has 0 N–H and O–H groups in total.